The number of rotatable bonds is 7. The van der Waals surface area contributed by atoms with Crippen LogP contribution in [0.1, 0.15) is 21.5 Å². The van der Waals surface area contributed by atoms with Crippen LogP contribution >= 0.6 is 47.8 Å². The van der Waals surface area contributed by atoms with Crippen LogP contribution in [-0.4, -0.2) is 26.1 Å². The Morgan fingerprint density at radius 2 is 1.70 bits per heavy atom. The molecule has 0 spiro atoms. The second kappa shape index (κ2) is 10.8. The highest BCUT2D eigenvalue weighted by Gasteiger charge is 2.14. The summed E-state index contributed by atoms with van der Waals surface area (Å²) in [4.78, 5) is 12.7. The molecule has 0 amide bonds. The van der Waals surface area contributed by atoms with E-state index >= 15 is 0 Å². The second-order valence-electron chi connectivity index (χ2n) is 7.11. The monoisotopic (exact) mass is 636 g/mol. The smallest absolute Gasteiger partial charge is 0.185 e. The molecule has 1 aliphatic rings. The SMILES string of the molecule is COc1ccc(/C=C/C(=O)c2ccc3c(c2)OCCO3)cc1COc1c(Br)cc(Br)cc1Br. The van der Waals surface area contributed by atoms with Crippen molar-refractivity contribution in [1.29, 1.82) is 0 Å². The fourth-order valence-corrected chi connectivity index (χ4v) is 5.78. The van der Waals surface area contributed by atoms with E-state index in [2.05, 4.69) is 47.8 Å². The molecule has 170 valence electrons. The summed E-state index contributed by atoms with van der Waals surface area (Å²) in [6, 6.07) is 14.7. The van der Waals surface area contributed by atoms with E-state index in [0.717, 1.165) is 24.5 Å². The lowest BCUT2D eigenvalue weighted by Crippen LogP contribution is -2.15. The molecule has 0 saturated carbocycles. The third-order valence-electron chi connectivity index (χ3n) is 4.89. The zero-order valence-electron chi connectivity index (χ0n) is 17.6. The van der Waals surface area contributed by atoms with Crippen LogP contribution in [0.3, 0.4) is 0 Å². The number of ether oxygens (including phenoxy) is 4. The van der Waals surface area contributed by atoms with Gasteiger partial charge in [-0.05, 0) is 86.0 Å². The Hall–Kier alpha value is -2.29. The topological polar surface area (TPSA) is 54.0 Å². The molecule has 8 heteroatoms. The average molecular weight is 639 g/mol. The Morgan fingerprint density at radius 1 is 0.970 bits per heavy atom. The molecule has 0 radical (unpaired) electrons. The van der Waals surface area contributed by atoms with Crippen molar-refractivity contribution in [1.82, 2.24) is 0 Å². The van der Waals surface area contributed by atoms with Gasteiger partial charge in [0, 0.05) is 15.6 Å². The molecule has 0 aliphatic carbocycles. The molecule has 1 heterocycles. The molecule has 3 aromatic rings. The standard InChI is InChI=1S/C25H19Br3O5/c1-30-22-6-3-15(10-17(22)14-33-25-19(27)12-18(26)13-20(25)28)2-5-21(29)16-4-7-23-24(11-16)32-9-8-31-23/h2-7,10-13H,8-9,14H2,1H3/b5-2+. The summed E-state index contributed by atoms with van der Waals surface area (Å²) >= 11 is 10.5. The van der Waals surface area contributed by atoms with Gasteiger partial charge in [0.1, 0.15) is 31.3 Å². The minimum atomic E-state index is -0.122. The van der Waals surface area contributed by atoms with E-state index in [9.17, 15) is 4.79 Å². The Balaban J connectivity index is 1.50. The highest BCUT2D eigenvalue weighted by molar-refractivity contribution is 9.11. The predicted octanol–water partition coefficient (Wildman–Crippen LogP) is 7.23. The lowest BCUT2D eigenvalue weighted by atomic mass is 10.1. The minimum absolute atomic E-state index is 0.122. The lowest BCUT2D eigenvalue weighted by molar-refractivity contribution is 0.104. The van der Waals surface area contributed by atoms with E-state index in [1.54, 1.807) is 37.5 Å². The van der Waals surface area contributed by atoms with Crippen molar-refractivity contribution in [2.45, 2.75) is 6.61 Å². The van der Waals surface area contributed by atoms with Crippen molar-refractivity contribution < 1.29 is 23.7 Å². The maximum Gasteiger partial charge on any atom is 0.185 e. The van der Waals surface area contributed by atoms with Crippen LogP contribution < -0.4 is 18.9 Å². The summed E-state index contributed by atoms with van der Waals surface area (Å²) in [5.74, 6) is 2.52. The summed E-state index contributed by atoms with van der Waals surface area (Å²) in [7, 11) is 1.62. The first-order valence-corrected chi connectivity index (χ1v) is 12.4. The van der Waals surface area contributed by atoms with Gasteiger partial charge in [0.05, 0.1) is 16.1 Å². The summed E-state index contributed by atoms with van der Waals surface area (Å²) in [6.45, 7) is 1.28. The number of ketones is 1. The first-order chi connectivity index (χ1) is 15.9. The minimum Gasteiger partial charge on any atom is -0.496 e. The van der Waals surface area contributed by atoms with Crippen LogP contribution in [0.2, 0.25) is 0 Å². The fourth-order valence-electron chi connectivity index (χ4n) is 3.30. The highest BCUT2D eigenvalue weighted by atomic mass is 79.9. The van der Waals surface area contributed by atoms with Crippen molar-refractivity contribution in [3.8, 4) is 23.0 Å². The van der Waals surface area contributed by atoms with E-state index in [0.29, 0.717) is 48.4 Å². The Labute approximate surface area is 217 Å². The third-order valence-corrected chi connectivity index (χ3v) is 6.53. The Kier molecular flexibility index (Phi) is 7.78. The van der Waals surface area contributed by atoms with Gasteiger partial charge in [0.15, 0.2) is 17.3 Å². The zero-order valence-corrected chi connectivity index (χ0v) is 22.3. The van der Waals surface area contributed by atoms with Crippen LogP contribution in [0, 0.1) is 0 Å². The first kappa shape index (κ1) is 23.9. The molecule has 0 fully saturated rings. The van der Waals surface area contributed by atoms with Crippen LogP contribution in [0.5, 0.6) is 23.0 Å². The number of hydrogen-bond donors (Lipinski definition) is 0. The van der Waals surface area contributed by atoms with E-state index < -0.39 is 0 Å². The molecule has 0 unspecified atom stereocenters. The first-order valence-electron chi connectivity index (χ1n) is 10.0. The predicted molar refractivity (Wildman–Crippen MR) is 138 cm³/mol. The van der Waals surface area contributed by atoms with Crippen LogP contribution in [0.25, 0.3) is 6.08 Å². The van der Waals surface area contributed by atoms with Gasteiger partial charge in [0.25, 0.3) is 0 Å². The lowest BCUT2D eigenvalue weighted by Gasteiger charge is -2.18. The summed E-state index contributed by atoms with van der Waals surface area (Å²) < 4.78 is 25.2. The van der Waals surface area contributed by atoms with Gasteiger partial charge >= 0.3 is 0 Å². The number of fused-ring (bicyclic) bond motifs is 1. The van der Waals surface area contributed by atoms with Gasteiger partial charge < -0.3 is 18.9 Å². The van der Waals surface area contributed by atoms with Crippen LogP contribution in [0.4, 0.5) is 0 Å². The number of hydrogen-bond acceptors (Lipinski definition) is 5. The number of carbonyl (C=O) groups is 1. The molecule has 3 aromatic carbocycles. The number of allylic oxidation sites excluding steroid dienone is 1. The van der Waals surface area contributed by atoms with Crippen molar-refractivity contribution >= 4 is 59.6 Å². The van der Waals surface area contributed by atoms with E-state index in [1.807, 2.05) is 30.3 Å². The summed E-state index contributed by atoms with van der Waals surface area (Å²) in [5.41, 5.74) is 2.25. The number of halogens is 3. The van der Waals surface area contributed by atoms with Gasteiger partial charge in [-0.1, -0.05) is 28.1 Å². The fraction of sp³-hybridized carbons (Fsp3) is 0.160. The number of methoxy groups -OCH3 is 1. The van der Waals surface area contributed by atoms with Crippen molar-refractivity contribution in [3.05, 3.63) is 84.7 Å². The molecular weight excluding hydrogens is 620 g/mol. The largest absolute Gasteiger partial charge is 0.496 e. The molecular formula is C25H19Br3O5. The molecule has 0 bridgehead atoms. The number of carbonyl (C=O) groups excluding carboxylic acids is 1. The van der Waals surface area contributed by atoms with Crippen LogP contribution in [-0.2, 0) is 6.61 Å². The van der Waals surface area contributed by atoms with Gasteiger partial charge in [-0.3, -0.25) is 4.79 Å². The second-order valence-corrected chi connectivity index (χ2v) is 9.74. The van der Waals surface area contributed by atoms with Gasteiger partial charge in [-0.2, -0.15) is 0 Å². The molecule has 0 atom stereocenters. The van der Waals surface area contributed by atoms with Crippen molar-refractivity contribution in [3.63, 3.8) is 0 Å². The van der Waals surface area contributed by atoms with Crippen molar-refractivity contribution in [2.24, 2.45) is 0 Å². The molecule has 4 rings (SSSR count). The molecule has 1 aliphatic heterocycles. The highest BCUT2D eigenvalue weighted by Crippen LogP contribution is 2.37. The van der Waals surface area contributed by atoms with Gasteiger partial charge in [0.2, 0.25) is 0 Å². The average Bonchev–Trinajstić information content (AvgIpc) is 2.81. The van der Waals surface area contributed by atoms with Crippen LogP contribution in [0.15, 0.2) is 68.0 Å². The van der Waals surface area contributed by atoms with Gasteiger partial charge in [-0.25, -0.2) is 0 Å². The molecule has 0 aromatic heterocycles. The van der Waals surface area contributed by atoms with E-state index in [4.69, 9.17) is 18.9 Å². The maximum atomic E-state index is 12.7. The third kappa shape index (κ3) is 5.80. The van der Waals surface area contributed by atoms with E-state index in [1.165, 1.54) is 0 Å². The zero-order chi connectivity index (χ0) is 23.4. The normalized spacial score (nSPS) is 12.6. The van der Waals surface area contributed by atoms with Crippen molar-refractivity contribution in [2.75, 3.05) is 20.3 Å². The Morgan fingerprint density at radius 3 is 2.42 bits per heavy atom. The number of benzene rings is 3. The quantitative estimate of drug-likeness (QED) is 0.202. The molecule has 5 nitrogen and oxygen atoms in total. The summed E-state index contributed by atoms with van der Waals surface area (Å²) in [5, 5.41) is 0. The van der Waals surface area contributed by atoms with Gasteiger partial charge in [-0.15, -0.1) is 0 Å². The summed E-state index contributed by atoms with van der Waals surface area (Å²) in [6.07, 6.45) is 3.31. The maximum absolute atomic E-state index is 12.7. The molecule has 33 heavy (non-hydrogen) atoms. The molecule has 0 saturated heterocycles. The molecule has 0 N–H and O–H groups in total. The Bertz CT molecular complexity index is 1200. The van der Waals surface area contributed by atoms with E-state index in [-0.39, 0.29) is 5.78 Å².